The van der Waals surface area contributed by atoms with Gasteiger partial charge in [0.2, 0.25) is 0 Å². The van der Waals surface area contributed by atoms with Crippen LogP contribution >= 0.6 is 11.8 Å². The summed E-state index contributed by atoms with van der Waals surface area (Å²) in [6, 6.07) is 0. The molecule has 0 aromatic carbocycles. The monoisotopic (exact) mass is 145 g/mol. The second-order valence-electron chi connectivity index (χ2n) is 1.67. The third-order valence-corrected chi connectivity index (χ3v) is 1.86. The lowest BCUT2D eigenvalue weighted by atomic mass is 10.6. The Morgan fingerprint density at radius 2 is 2.56 bits per heavy atom. The number of amides is 1. The van der Waals surface area contributed by atoms with Crippen molar-refractivity contribution in [2.24, 2.45) is 0 Å². The van der Waals surface area contributed by atoms with Crippen LogP contribution in [0.5, 0.6) is 0 Å². The highest BCUT2D eigenvalue weighted by molar-refractivity contribution is 8.02. The Morgan fingerprint density at radius 1 is 1.78 bits per heavy atom. The van der Waals surface area contributed by atoms with Crippen LogP contribution in [-0.4, -0.2) is 28.5 Å². The van der Waals surface area contributed by atoms with Crippen LogP contribution in [0.2, 0.25) is 0 Å². The Labute approximate surface area is 57.3 Å². The molecule has 0 atom stereocenters. The zero-order valence-electron chi connectivity index (χ0n) is 4.78. The molecular formula is C5H7NO2S. The van der Waals surface area contributed by atoms with Gasteiger partial charge in [-0.2, -0.15) is 0 Å². The molecular weight excluding hydrogens is 138 g/mol. The summed E-state index contributed by atoms with van der Waals surface area (Å²) < 4.78 is 0. The van der Waals surface area contributed by atoms with Gasteiger partial charge in [0.15, 0.2) is 0 Å². The summed E-state index contributed by atoms with van der Waals surface area (Å²) in [4.78, 5) is 11.6. The van der Waals surface area contributed by atoms with Crippen molar-refractivity contribution >= 4 is 17.9 Å². The van der Waals surface area contributed by atoms with E-state index in [2.05, 4.69) is 0 Å². The fourth-order valence-electron chi connectivity index (χ4n) is 0.557. The van der Waals surface area contributed by atoms with Gasteiger partial charge in [-0.1, -0.05) is 6.08 Å². The van der Waals surface area contributed by atoms with Crippen LogP contribution in [-0.2, 0) is 0 Å². The van der Waals surface area contributed by atoms with Crippen molar-refractivity contribution in [3.8, 4) is 0 Å². The molecule has 1 heterocycles. The van der Waals surface area contributed by atoms with E-state index in [0.29, 0.717) is 12.4 Å². The number of carboxylic acid groups (broad SMARTS) is 1. The van der Waals surface area contributed by atoms with Gasteiger partial charge in [0.1, 0.15) is 0 Å². The van der Waals surface area contributed by atoms with E-state index in [0.717, 1.165) is 0 Å². The Morgan fingerprint density at radius 3 is 2.89 bits per heavy atom. The van der Waals surface area contributed by atoms with Crippen LogP contribution in [0.15, 0.2) is 11.5 Å². The van der Waals surface area contributed by atoms with E-state index in [1.807, 2.05) is 11.5 Å². The zero-order valence-corrected chi connectivity index (χ0v) is 5.60. The van der Waals surface area contributed by atoms with E-state index < -0.39 is 6.09 Å². The highest BCUT2D eigenvalue weighted by Crippen LogP contribution is 2.10. The molecule has 1 aliphatic rings. The average molecular weight is 145 g/mol. The number of carbonyl (C=O) groups is 1. The molecule has 1 amide bonds. The van der Waals surface area contributed by atoms with Crippen molar-refractivity contribution in [1.29, 1.82) is 0 Å². The molecule has 1 rings (SSSR count). The number of nitrogens with zero attached hydrogens (tertiary/aromatic N) is 1. The first-order valence-corrected chi connectivity index (χ1v) is 3.60. The lowest BCUT2D eigenvalue weighted by molar-refractivity contribution is 0.158. The number of rotatable bonds is 0. The topological polar surface area (TPSA) is 40.5 Å². The van der Waals surface area contributed by atoms with Gasteiger partial charge in [0.25, 0.3) is 0 Å². The standard InChI is InChI=1S/C5H7NO2S/c7-5(8)6-2-1-3-9-4-6/h1,3H,2,4H2,(H,7,8). The van der Waals surface area contributed by atoms with Crippen LogP contribution < -0.4 is 0 Å². The molecule has 1 aliphatic heterocycles. The lowest BCUT2D eigenvalue weighted by Gasteiger charge is -2.18. The molecule has 0 aromatic rings. The number of hydrogen-bond acceptors (Lipinski definition) is 2. The molecule has 0 saturated heterocycles. The molecule has 0 aliphatic carbocycles. The fraction of sp³-hybridized carbons (Fsp3) is 0.400. The van der Waals surface area contributed by atoms with Crippen molar-refractivity contribution in [2.45, 2.75) is 0 Å². The Kier molecular flexibility index (Phi) is 2.00. The molecule has 0 aromatic heterocycles. The van der Waals surface area contributed by atoms with Crippen molar-refractivity contribution in [2.75, 3.05) is 12.4 Å². The van der Waals surface area contributed by atoms with E-state index in [9.17, 15) is 4.79 Å². The Balaban J connectivity index is 2.44. The molecule has 3 nitrogen and oxygen atoms in total. The first-order valence-electron chi connectivity index (χ1n) is 2.55. The lowest BCUT2D eigenvalue weighted by Crippen LogP contribution is -2.30. The van der Waals surface area contributed by atoms with Crippen LogP contribution in [0.4, 0.5) is 4.79 Å². The third-order valence-electron chi connectivity index (χ3n) is 1.02. The summed E-state index contributed by atoms with van der Waals surface area (Å²) in [5.74, 6) is 0.561. The minimum atomic E-state index is -0.841. The molecule has 9 heavy (non-hydrogen) atoms. The first kappa shape index (κ1) is 6.48. The maximum Gasteiger partial charge on any atom is 0.408 e. The van der Waals surface area contributed by atoms with Gasteiger partial charge in [0.05, 0.1) is 5.88 Å². The smallest absolute Gasteiger partial charge is 0.408 e. The quantitative estimate of drug-likeness (QED) is 0.556. The predicted octanol–water partition coefficient (Wildman–Crippen LogP) is 1.18. The van der Waals surface area contributed by atoms with Crippen molar-refractivity contribution in [3.05, 3.63) is 11.5 Å². The van der Waals surface area contributed by atoms with Crippen LogP contribution in [0.1, 0.15) is 0 Å². The summed E-state index contributed by atoms with van der Waals surface area (Å²) in [5.41, 5.74) is 0. The molecule has 0 spiro atoms. The highest BCUT2D eigenvalue weighted by Gasteiger charge is 2.10. The van der Waals surface area contributed by atoms with E-state index in [4.69, 9.17) is 5.11 Å². The third kappa shape index (κ3) is 1.64. The van der Waals surface area contributed by atoms with Gasteiger partial charge in [-0.25, -0.2) is 4.79 Å². The van der Waals surface area contributed by atoms with Crippen LogP contribution in [0.3, 0.4) is 0 Å². The van der Waals surface area contributed by atoms with Gasteiger partial charge in [-0.05, 0) is 5.41 Å². The molecule has 0 saturated carbocycles. The summed E-state index contributed by atoms with van der Waals surface area (Å²) in [5, 5.41) is 10.3. The SMILES string of the molecule is O=C(O)N1CC=CSC1. The predicted molar refractivity (Wildman–Crippen MR) is 36.3 cm³/mol. The number of thioether (sulfide) groups is 1. The van der Waals surface area contributed by atoms with Crippen molar-refractivity contribution in [1.82, 2.24) is 4.90 Å². The van der Waals surface area contributed by atoms with Gasteiger partial charge in [0, 0.05) is 6.54 Å². The molecule has 1 N–H and O–H groups in total. The summed E-state index contributed by atoms with van der Waals surface area (Å²) in [7, 11) is 0. The number of hydrogen-bond donors (Lipinski definition) is 1. The maximum atomic E-state index is 10.2. The average Bonchev–Trinajstić information content (AvgIpc) is 1.90. The Hall–Kier alpha value is -0.640. The first-order chi connectivity index (χ1) is 4.30. The Bertz CT molecular complexity index is 146. The second-order valence-corrected chi connectivity index (χ2v) is 2.54. The molecule has 0 radical (unpaired) electrons. The van der Waals surface area contributed by atoms with E-state index in [1.165, 1.54) is 16.7 Å². The van der Waals surface area contributed by atoms with E-state index >= 15 is 0 Å². The second kappa shape index (κ2) is 2.77. The van der Waals surface area contributed by atoms with E-state index in [1.54, 1.807) is 0 Å². The van der Waals surface area contributed by atoms with Gasteiger partial charge in [-0.15, -0.1) is 11.8 Å². The fourth-order valence-corrected chi connectivity index (χ4v) is 1.26. The molecule has 4 heteroatoms. The largest absolute Gasteiger partial charge is 0.465 e. The van der Waals surface area contributed by atoms with Gasteiger partial charge >= 0.3 is 6.09 Å². The minimum absolute atomic E-state index is 0.530. The zero-order chi connectivity index (χ0) is 6.69. The van der Waals surface area contributed by atoms with E-state index in [-0.39, 0.29) is 0 Å². The summed E-state index contributed by atoms with van der Waals surface area (Å²) >= 11 is 1.50. The van der Waals surface area contributed by atoms with Gasteiger partial charge in [-0.3, -0.25) is 4.90 Å². The summed E-state index contributed by atoms with van der Waals surface area (Å²) in [6.45, 7) is 0.530. The summed E-state index contributed by atoms with van der Waals surface area (Å²) in [6.07, 6.45) is 0.995. The van der Waals surface area contributed by atoms with Crippen LogP contribution in [0, 0.1) is 0 Å². The molecule has 50 valence electrons. The normalized spacial score (nSPS) is 18.0. The maximum absolute atomic E-state index is 10.2. The molecule has 0 unspecified atom stereocenters. The van der Waals surface area contributed by atoms with Gasteiger partial charge < -0.3 is 5.11 Å². The molecule has 0 bridgehead atoms. The van der Waals surface area contributed by atoms with Crippen molar-refractivity contribution in [3.63, 3.8) is 0 Å². The molecule has 0 fully saturated rings. The van der Waals surface area contributed by atoms with Crippen molar-refractivity contribution < 1.29 is 9.90 Å². The van der Waals surface area contributed by atoms with Crippen LogP contribution in [0.25, 0.3) is 0 Å². The highest BCUT2D eigenvalue weighted by atomic mass is 32.2. The minimum Gasteiger partial charge on any atom is -0.465 e.